The highest BCUT2D eigenvalue weighted by Gasteiger charge is 2.29. The number of benzene rings is 2. The molecule has 0 unspecified atom stereocenters. The Bertz CT molecular complexity index is 1030. The maximum Gasteiger partial charge on any atom is 0.238 e. The third-order valence-corrected chi connectivity index (χ3v) is 4.92. The summed E-state index contributed by atoms with van der Waals surface area (Å²) >= 11 is 0. The van der Waals surface area contributed by atoms with E-state index in [0.717, 1.165) is 0 Å². The fourth-order valence-electron chi connectivity index (χ4n) is 3.32. The smallest absolute Gasteiger partial charge is 0.238 e. The molecule has 0 aliphatic carbocycles. The van der Waals surface area contributed by atoms with Gasteiger partial charge in [0.15, 0.2) is 5.78 Å². The number of amides is 1. The average Bonchev–Trinajstić information content (AvgIpc) is 2.75. The van der Waals surface area contributed by atoms with E-state index in [0.29, 0.717) is 46.2 Å². The third-order valence-electron chi connectivity index (χ3n) is 4.92. The molecule has 0 atom stereocenters. The van der Waals surface area contributed by atoms with Crippen LogP contribution in [0.25, 0.3) is 6.08 Å². The molecule has 31 heavy (non-hydrogen) atoms. The Kier molecular flexibility index (Phi) is 6.65. The molecule has 0 fully saturated rings. The Morgan fingerprint density at radius 1 is 1.06 bits per heavy atom. The summed E-state index contributed by atoms with van der Waals surface area (Å²) < 4.78 is 16.9. The van der Waals surface area contributed by atoms with Crippen LogP contribution in [-0.2, 0) is 4.79 Å². The van der Waals surface area contributed by atoms with Crippen molar-refractivity contribution in [1.82, 2.24) is 5.32 Å². The Morgan fingerprint density at radius 3 is 2.48 bits per heavy atom. The number of rotatable bonds is 8. The van der Waals surface area contributed by atoms with E-state index in [9.17, 15) is 9.59 Å². The third kappa shape index (κ3) is 4.88. The fraction of sp³-hybridized carbons (Fsp3) is 0.333. The van der Waals surface area contributed by atoms with Crippen LogP contribution in [0, 0.1) is 0 Å². The second-order valence-electron chi connectivity index (χ2n) is 7.67. The summed E-state index contributed by atoms with van der Waals surface area (Å²) in [5.41, 5.74) is 1.24. The van der Waals surface area contributed by atoms with Crippen molar-refractivity contribution in [3.05, 3.63) is 53.1 Å². The zero-order valence-electron chi connectivity index (χ0n) is 18.5. The molecular weight excluding hydrogens is 396 g/mol. The first-order valence-corrected chi connectivity index (χ1v) is 10.1. The highest BCUT2D eigenvalue weighted by atomic mass is 16.5. The molecule has 0 bridgehead atoms. The van der Waals surface area contributed by atoms with E-state index in [1.807, 2.05) is 32.9 Å². The van der Waals surface area contributed by atoms with Crippen LogP contribution < -0.4 is 24.8 Å². The zero-order valence-corrected chi connectivity index (χ0v) is 18.5. The van der Waals surface area contributed by atoms with E-state index in [1.165, 1.54) is 7.11 Å². The van der Waals surface area contributed by atoms with Crippen molar-refractivity contribution >= 4 is 23.5 Å². The number of carbonyl (C=O) groups excluding carboxylic acids is 2. The monoisotopic (exact) mass is 424 g/mol. The predicted molar refractivity (Wildman–Crippen MR) is 120 cm³/mol. The van der Waals surface area contributed by atoms with E-state index in [4.69, 9.17) is 14.2 Å². The Morgan fingerprint density at radius 2 is 1.81 bits per heavy atom. The molecule has 0 saturated heterocycles. The Balaban J connectivity index is 2.06. The lowest BCUT2D eigenvalue weighted by atomic mass is 9.94. The van der Waals surface area contributed by atoms with Crippen LogP contribution in [0.3, 0.4) is 0 Å². The molecule has 7 nitrogen and oxygen atoms in total. The molecule has 1 heterocycles. The highest BCUT2D eigenvalue weighted by Crippen LogP contribution is 2.41. The van der Waals surface area contributed by atoms with Gasteiger partial charge >= 0.3 is 0 Å². The number of anilines is 1. The van der Waals surface area contributed by atoms with Crippen molar-refractivity contribution in [2.45, 2.75) is 26.4 Å². The Labute approximate surface area is 182 Å². The van der Waals surface area contributed by atoms with Gasteiger partial charge in [0, 0.05) is 11.6 Å². The van der Waals surface area contributed by atoms with E-state index in [1.54, 1.807) is 37.4 Å². The van der Waals surface area contributed by atoms with Gasteiger partial charge in [0.25, 0.3) is 0 Å². The summed E-state index contributed by atoms with van der Waals surface area (Å²) in [4.78, 5) is 25.9. The first kappa shape index (κ1) is 22.4. The minimum Gasteiger partial charge on any atom is -0.497 e. The predicted octanol–water partition coefficient (Wildman–Crippen LogP) is 3.67. The number of ether oxygens (including phenoxy) is 3. The van der Waals surface area contributed by atoms with Crippen LogP contribution in [0.5, 0.6) is 17.2 Å². The van der Waals surface area contributed by atoms with Crippen molar-refractivity contribution < 1.29 is 23.8 Å². The topological polar surface area (TPSA) is 85.9 Å². The summed E-state index contributed by atoms with van der Waals surface area (Å²) in [5.74, 6) is 1.09. The zero-order chi connectivity index (χ0) is 22.6. The van der Waals surface area contributed by atoms with Crippen LogP contribution >= 0.6 is 0 Å². The van der Waals surface area contributed by atoms with Gasteiger partial charge in [0.2, 0.25) is 5.91 Å². The molecule has 1 aliphatic heterocycles. The molecule has 164 valence electrons. The lowest BCUT2D eigenvalue weighted by Gasteiger charge is -2.30. The van der Waals surface area contributed by atoms with Gasteiger partial charge in [0.1, 0.15) is 22.8 Å². The van der Waals surface area contributed by atoms with Gasteiger partial charge in [0.05, 0.1) is 37.6 Å². The van der Waals surface area contributed by atoms with Crippen LogP contribution in [0.2, 0.25) is 0 Å². The Hall–Kier alpha value is -3.32. The second-order valence-corrected chi connectivity index (χ2v) is 7.67. The number of fused-ring (bicyclic) bond motifs is 1. The van der Waals surface area contributed by atoms with Gasteiger partial charge in [-0.2, -0.15) is 0 Å². The quantitative estimate of drug-likeness (QED) is 0.629. The largest absolute Gasteiger partial charge is 0.497 e. The minimum absolute atomic E-state index is 0.140. The molecular formula is C24H28N2O5. The summed E-state index contributed by atoms with van der Waals surface area (Å²) in [5, 5.41) is 5.78. The van der Waals surface area contributed by atoms with Gasteiger partial charge in [-0.05, 0) is 56.8 Å². The fourth-order valence-corrected chi connectivity index (χ4v) is 3.32. The van der Waals surface area contributed by atoms with Crippen molar-refractivity contribution in [1.29, 1.82) is 0 Å². The number of carbonyl (C=O) groups is 2. The van der Waals surface area contributed by atoms with E-state index in [-0.39, 0.29) is 18.2 Å². The van der Waals surface area contributed by atoms with Crippen LogP contribution in [0.15, 0.2) is 36.4 Å². The molecule has 0 aromatic heterocycles. The van der Waals surface area contributed by atoms with E-state index < -0.39 is 5.60 Å². The number of likely N-dealkylation sites (N-methyl/N-ethyl adjacent to an activating group) is 1. The molecule has 1 amide bonds. The highest BCUT2D eigenvalue weighted by molar-refractivity contribution is 6.16. The molecule has 2 N–H and O–H groups in total. The SMILES string of the molecule is CCNCC(=O)Nc1cc(OC)ccc1C(=O)c1ccc(OC)c2c1OC(C)(C)C=C2. The van der Waals surface area contributed by atoms with Gasteiger partial charge in [-0.1, -0.05) is 6.92 Å². The number of nitrogens with one attached hydrogen (secondary N) is 2. The maximum atomic E-state index is 13.6. The van der Waals surface area contributed by atoms with E-state index in [2.05, 4.69) is 10.6 Å². The van der Waals surface area contributed by atoms with Crippen molar-refractivity contribution in [3.8, 4) is 17.2 Å². The first-order chi connectivity index (χ1) is 14.8. The van der Waals surface area contributed by atoms with Crippen molar-refractivity contribution in [2.75, 3.05) is 32.6 Å². The van der Waals surface area contributed by atoms with Crippen molar-refractivity contribution in [3.63, 3.8) is 0 Å². The van der Waals surface area contributed by atoms with Crippen LogP contribution in [0.1, 0.15) is 42.3 Å². The summed E-state index contributed by atoms with van der Waals surface area (Å²) in [6.45, 7) is 6.55. The number of methoxy groups -OCH3 is 2. The lowest BCUT2D eigenvalue weighted by Crippen LogP contribution is -2.29. The summed E-state index contributed by atoms with van der Waals surface area (Å²) in [6.07, 6.45) is 3.83. The maximum absolute atomic E-state index is 13.6. The molecule has 2 aromatic rings. The van der Waals surface area contributed by atoms with Crippen LogP contribution in [-0.4, -0.2) is 44.6 Å². The van der Waals surface area contributed by atoms with E-state index >= 15 is 0 Å². The molecule has 3 rings (SSSR count). The number of hydrogen-bond acceptors (Lipinski definition) is 6. The minimum atomic E-state index is -0.572. The second kappa shape index (κ2) is 9.22. The number of hydrogen-bond donors (Lipinski definition) is 2. The standard InChI is InChI=1S/C24H28N2O5/c1-6-25-14-21(27)26-19-13-15(29-4)7-8-16(19)22(28)18-9-10-20(30-5)17-11-12-24(2,3)31-23(17)18/h7-13,25H,6,14H2,1-5H3,(H,26,27). The van der Waals surface area contributed by atoms with Gasteiger partial charge < -0.3 is 24.8 Å². The molecule has 7 heteroatoms. The first-order valence-electron chi connectivity index (χ1n) is 10.1. The van der Waals surface area contributed by atoms with Gasteiger partial charge in [-0.25, -0.2) is 0 Å². The summed E-state index contributed by atoms with van der Waals surface area (Å²) in [6, 6.07) is 8.39. The van der Waals surface area contributed by atoms with Gasteiger partial charge in [-0.15, -0.1) is 0 Å². The average molecular weight is 424 g/mol. The van der Waals surface area contributed by atoms with Crippen LogP contribution in [0.4, 0.5) is 5.69 Å². The molecule has 0 spiro atoms. The number of ketones is 1. The molecule has 1 aliphatic rings. The van der Waals surface area contributed by atoms with Gasteiger partial charge in [-0.3, -0.25) is 9.59 Å². The lowest BCUT2D eigenvalue weighted by molar-refractivity contribution is -0.115. The normalized spacial score (nSPS) is 13.7. The molecule has 2 aromatic carbocycles. The molecule has 0 saturated carbocycles. The van der Waals surface area contributed by atoms with Crippen molar-refractivity contribution in [2.24, 2.45) is 0 Å². The molecule has 0 radical (unpaired) electrons. The summed E-state index contributed by atoms with van der Waals surface area (Å²) in [7, 11) is 3.11.